The van der Waals surface area contributed by atoms with Gasteiger partial charge in [-0.05, 0) is 29.5 Å². The van der Waals surface area contributed by atoms with Crippen molar-refractivity contribution < 1.29 is 9.53 Å². The van der Waals surface area contributed by atoms with Gasteiger partial charge < -0.3 is 15.4 Å². The van der Waals surface area contributed by atoms with Crippen LogP contribution < -0.4 is 5.73 Å². The first kappa shape index (κ1) is 15.0. The molecule has 0 bridgehead atoms. The minimum atomic E-state index is -0.0239. The molecule has 1 heterocycles. The molecule has 110 valence electrons. The Morgan fingerprint density at radius 1 is 1.40 bits per heavy atom. The summed E-state index contributed by atoms with van der Waals surface area (Å²) in [5.74, 6) is 0.0916. The number of hydrogen-bond acceptors (Lipinski definition) is 3. The minimum Gasteiger partial charge on any atom is -0.380 e. The smallest absolute Gasteiger partial charge is 0.253 e. The number of rotatable bonds is 3. The third-order valence-corrected chi connectivity index (χ3v) is 4.11. The summed E-state index contributed by atoms with van der Waals surface area (Å²) in [4.78, 5) is 14.4. The van der Waals surface area contributed by atoms with E-state index in [1.165, 1.54) is 0 Å². The quantitative estimate of drug-likeness (QED) is 0.919. The molecule has 1 aromatic rings. The summed E-state index contributed by atoms with van der Waals surface area (Å²) in [6.45, 7) is 6.27. The lowest BCUT2D eigenvalue weighted by Crippen LogP contribution is -2.53. The van der Waals surface area contributed by atoms with Gasteiger partial charge in [0.25, 0.3) is 5.91 Å². The van der Waals surface area contributed by atoms with Crippen molar-refractivity contribution in [1.82, 2.24) is 4.90 Å². The zero-order valence-electron chi connectivity index (χ0n) is 12.6. The summed E-state index contributed by atoms with van der Waals surface area (Å²) < 4.78 is 5.07. The van der Waals surface area contributed by atoms with Gasteiger partial charge >= 0.3 is 0 Å². The Morgan fingerprint density at radius 3 is 2.60 bits per heavy atom. The molecule has 4 nitrogen and oxygen atoms in total. The molecule has 0 radical (unpaired) electrons. The second-order valence-electron chi connectivity index (χ2n) is 6.24. The zero-order valence-corrected chi connectivity index (χ0v) is 12.6. The SMILES string of the molecule is COCc1ccc(C(=O)N2CCC(N)C(C)(C)C2)cc1. The Labute approximate surface area is 120 Å². The van der Waals surface area contributed by atoms with Gasteiger partial charge in [-0.15, -0.1) is 0 Å². The van der Waals surface area contributed by atoms with Gasteiger partial charge in [0, 0.05) is 31.8 Å². The fraction of sp³-hybridized carbons (Fsp3) is 0.562. The van der Waals surface area contributed by atoms with Crippen LogP contribution in [0.2, 0.25) is 0 Å². The van der Waals surface area contributed by atoms with Crippen LogP contribution >= 0.6 is 0 Å². The number of benzene rings is 1. The maximum atomic E-state index is 12.5. The third kappa shape index (κ3) is 3.19. The zero-order chi connectivity index (χ0) is 14.8. The van der Waals surface area contributed by atoms with Crippen molar-refractivity contribution in [2.45, 2.75) is 32.9 Å². The second-order valence-corrected chi connectivity index (χ2v) is 6.24. The van der Waals surface area contributed by atoms with E-state index < -0.39 is 0 Å². The van der Waals surface area contributed by atoms with Crippen molar-refractivity contribution in [3.8, 4) is 0 Å². The van der Waals surface area contributed by atoms with Gasteiger partial charge in [-0.2, -0.15) is 0 Å². The highest BCUT2D eigenvalue weighted by Crippen LogP contribution is 2.28. The highest BCUT2D eigenvalue weighted by Gasteiger charge is 2.35. The molecule has 0 saturated carbocycles. The molecule has 1 amide bonds. The van der Waals surface area contributed by atoms with Crippen LogP contribution in [-0.4, -0.2) is 37.0 Å². The van der Waals surface area contributed by atoms with Gasteiger partial charge in [0.1, 0.15) is 0 Å². The number of carbonyl (C=O) groups is 1. The van der Waals surface area contributed by atoms with Crippen LogP contribution in [-0.2, 0) is 11.3 Å². The number of ether oxygens (including phenoxy) is 1. The molecule has 1 fully saturated rings. The molecule has 1 aliphatic heterocycles. The van der Waals surface area contributed by atoms with Crippen molar-refractivity contribution in [3.05, 3.63) is 35.4 Å². The van der Waals surface area contributed by atoms with Gasteiger partial charge in [-0.25, -0.2) is 0 Å². The molecule has 4 heteroatoms. The summed E-state index contributed by atoms with van der Waals surface area (Å²) in [5.41, 5.74) is 7.90. The molecule has 1 saturated heterocycles. The molecular formula is C16H24N2O2. The van der Waals surface area contributed by atoms with Gasteiger partial charge in [0.15, 0.2) is 0 Å². The minimum absolute atomic E-state index is 0.0239. The third-order valence-electron chi connectivity index (χ3n) is 4.11. The summed E-state index contributed by atoms with van der Waals surface area (Å²) in [6, 6.07) is 7.79. The number of carbonyl (C=O) groups excluding carboxylic acids is 1. The van der Waals surface area contributed by atoms with E-state index in [2.05, 4.69) is 13.8 Å². The van der Waals surface area contributed by atoms with E-state index in [4.69, 9.17) is 10.5 Å². The molecule has 1 unspecified atom stereocenters. The highest BCUT2D eigenvalue weighted by molar-refractivity contribution is 5.94. The van der Waals surface area contributed by atoms with Crippen molar-refractivity contribution in [3.63, 3.8) is 0 Å². The van der Waals surface area contributed by atoms with Crippen molar-refractivity contribution in [2.24, 2.45) is 11.1 Å². The summed E-state index contributed by atoms with van der Waals surface area (Å²) in [6.07, 6.45) is 0.862. The monoisotopic (exact) mass is 276 g/mol. The Balaban J connectivity index is 2.07. The maximum absolute atomic E-state index is 12.5. The van der Waals surface area contributed by atoms with Gasteiger partial charge in [0.05, 0.1) is 6.61 Å². The van der Waals surface area contributed by atoms with Crippen LogP contribution in [0.3, 0.4) is 0 Å². The van der Waals surface area contributed by atoms with Crippen molar-refractivity contribution >= 4 is 5.91 Å². The number of methoxy groups -OCH3 is 1. The average molecular weight is 276 g/mol. The molecule has 0 aliphatic carbocycles. The fourth-order valence-electron chi connectivity index (χ4n) is 2.64. The van der Waals surface area contributed by atoms with Gasteiger partial charge in [-0.1, -0.05) is 26.0 Å². The number of hydrogen-bond donors (Lipinski definition) is 1. The standard InChI is InChI=1S/C16H24N2O2/c1-16(2)11-18(9-8-14(16)17)15(19)13-6-4-12(5-7-13)10-20-3/h4-7,14H,8-11,17H2,1-3H3. The number of piperidine rings is 1. The number of nitrogens with two attached hydrogens (primary N) is 1. The van der Waals surface area contributed by atoms with Crippen molar-refractivity contribution in [1.29, 1.82) is 0 Å². The average Bonchev–Trinajstić information content (AvgIpc) is 2.42. The van der Waals surface area contributed by atoms with Gasteiger partial charge in [-0.3, -0.25) is 4.79 Å². The molecule has 1 atom stereocenters. The molecule has 0 aromatic heterocycles. The Bertz CT molecular complexity index is 468. The summed E-state index contributed by atoms with van der Waals surface area (Å²) in [5, 5.41) is 0. The molecule has 2 rings (SSSR count). The molecule has 20 heavy (non-hydrogen) atoms. The van der Waals surface area contributed by atoms with E-state index in [0.717, 1.165) is 24.1 Å². The molecule has 0 spiro atoms. The van der Waals surface area contributed by atoms with Crippen LogP contribution in [0.1, 0.15) is 36.2 Å². The second kappa shape index (κ2) is 5.94. The summed E-state index contributed by atoms with van der Waals surface area (Å²) in [7, 11) is 1.66. The predicted molar refractivity (Wildman–Crippen MR) is 79.4 cm³/mol. The number of likely N-dealkylation sites (tertiary alicyclic amines) is 1. The topological polar surface area (TPSA) is 55.6 Å². The Morgan fingerprint density at radius 2 is 2.05 bits per heavy atom. The van der Waals surface area contributed by atoms with Crippen LogP contribution in [0, 0.1) is 5.41 Å². The maximum Gasteiger partial charge on any atom is 0.253 e. The molecule has 1 aromatic carbocycles. The van der Waals surface area contributed by atoms with Crippen LogP contribution in [0.5, 0.6) is 0 Å². The van der Waals surface area contributed by atoms with Crippen LogP contribution in [0.4, 0.5) is 0 Å². The van der Waals surface area contributed by atoms with E-state index in [0.29, 0.717) is 13.2 Å². The Hall–Kier alpha value is -1.39. The van der Waals surface area contributed by atoms with E-state index in [1.807, 2.05) is 29.2 Å². The fourth-order valence-corrected chi connectivity index (χ4v) is 2.64. The van der Waals surface area contributed by atoms with Gasteiger partial charge in [0.2, 0.25) is 0 Å². The molecule has 1 aliphatic rings. The van der Waals surface area contributed by atoms with Crippen molar-refractivity contribution in [2.75, 3.05) is 20.2 Å². The molecular weight excluding hydrogens is 252 g/mol. The predicted octanol–water partition coefficient (Wildman–Crippen LogP) is 2.03. The number of amides is 1. The molecule has 2 N–H and O–H groups in total. The first-order valence-corrected chi connectivity index (χ1v) is 7.07. The lowest BCUT2D eigenvalue weighted by molar-refractivity contribution is 0.0533. The lowest BCUT2D eigenvalue weighted by atomic mass is 9.79. The van der Waals surface area contributed by atoms with Crippen LogP contribution in [0.25, 0.3) is 0 Å². The van der Waals surface area contributed by atoms with E-state index in [-0.39, 0.29) is 17.4 Å². The first-order chi connectivity index (χ1) is 9.44. The van der Waals surface area contributed by atoms with E-state index in [9.17, 15) is 4.79 Å². The van der Waals surface area contributed by atoms with Crippen LogP contribution in [0.15, 0.2) is 24.3 Å². The first-order valence-electron chi connectivity index (χ1n) is 7.07. The Kier molecular flexibility index (Phi) is 4.45. The number of nitrogens with zero attached hydrogens (tertiary/aromatic N) is 1. The van der Waals surface area contributed by atoms with E-state index >= 15 is 0 Å². The largest absolute Gasteiger partial charge is 0.380 e. The van der Waals surface area contributed by atoms with E-state index in [1.54, 1.807) is 7.11 Å². The highest BCUT2D eigenvalue weighted by atomic mass is 16.5. The summed E-state index contributed by atoms with van der Waals surface area (Å²) >= 11 is 0. The lowest BCUT2D eigenvalue weighted by Gasteiger charge is -2.42. The normalized spacial score (nSPS) is 21.8.